The molecule has 0 atom stereocenters. The van der Waals surface area contributed by atoms with Crippen molar-refractivity contribution in [2.75, 3.05) is 11.4 Å². The van der Waals surface area contributed by atoms with Crippen molar-refractivity contribution in [3.05, 3.63) is 106 Å². The van der Waals surface area contributed by atoms with E-state index in [1.165, 1.54) is 27.1 Å². The Morgan fingerprint density at radius 3 is 2.38 bits per heavy atom. The van der Waals surface area contributed by atoms with Crippen molar-refractivity contribution in [3.63, 3.8) is 0 Å². The SMILES string of the molecule is Cc1ccc(-c2c(C)sc3nc(Cl)nc(N(CCc4ccccn4)Cc4ccccc4)c23)cc1. The van der Waals surface area contributed by atoms with E-state index in [0.717, 1.165) is 41.2 Å². The van der Waals surface area contributed by atoms with E-state index >= 15 is 0 Å². The van der Waals surface area contributed by atoms with Crippen LogP contribution < -0.4 is 4.90 Å². The first-order valence-corrected chi connectivity index (χ1v) is 12.5. The zero-order valence-electron chi connectivity index (χ0n) is 19.2. The van der Waals surface area contributed by atoms with E-state index in [0.29, 0.717) is 0 Å². The minimum atomic E-state index is 0.273. The summed E-state index contributed by atoms with van der Waals surface area (Å²) in [6.45, 7) is 5.74. The second-order valence-corrected chi connectivity index (χ2v) is 9.92. The number of aromatic nitrogens is 3. The quantitative estimate of drug-likeness (QED) is 0.228. The molecule has 0 saturated carbocycles. The lowest BCUT2D eigenvalue weighted by atomic mass is 10.0. The lowest BCUT2D eigenvalue weighted by Gasteiger charge is -2.25. The molecule has 2 aromatic carbocycles. The van der Waals surface area contributed by atoms with E-state index in [1.54, 1.807) is 11.3 Å². The van der Waals surface area contributed by atoms with E-state index in [1.807, 2.05) is 24.4 Å². The Morgan fingerprint density at radius 1 is 0.882 bits per heavy atom. The minimum absolute atomic E-state index is 0.273. The average Bonchev–Trinajstić information content (AvgIpc) is 3.18. The van der Waals surface area contributed by atoms with Gasteiger partial charge in [0.05, 0.1) is 5.39 Å². The zero-order chi connectivity index (χ0) is 23.5. The van der Waals surface area contributed by atoms with Gasteiger partial charge in [0.1, 0.15) is 10.6 Å². The Hall–Kier alpha value is -3.28. The Morgan fingerprint density at radius 2 is 1.65 bits per heavy atom. The molecule has 0 bridgehead atoms. The molecule has 4 nitrogen and oxygen atoms in total. The number of nitrogens with zero attached hydrogens (tertiary/aromatic N) is 4. The molecule has 170 valence electrons. The fourth-order valence-corrected chi connectivity index (χ4v) is 5.48. The summed E-state index contributed by atoms with van der Waals surface area (Å²) < 4.78 is 0. The molecule has 5 aromatic rings. The van der Waals surface area contributed by atoms with Crippen molar-refractivity contribution >= 4 is 39.0 Å². The monoisotopic (exact) mass is 484 g/mol. The third kappa shape index (κ3) is 4.81. The van der Waals surface area contributed by atoms with Gasteiger partial charge in [-0.15, -0.1) is 11.3 Å². The van der Waals surface area contributed by atoms with Crippen LogP contribution in [-0.4, -0.2) is 21.5 Å². The van der Waals surface area contributed by atoms with Crippen molar-refractivity contribution in [1.29, 1.82) is 0 Å². The summed E-state index contributed by atoms with van der Waals surface area (Å²) in [6, 6.07) is 25.2. The molecule has 0 saturated heterocycles. The molecule has 34 heavy (non-hydrogen) atoms. The van der Waals surface area contributed by atoms with Crippen molar-refractivity contribution in [3.8, 4) is 11.1 Å². The van der Waals surface area contributed by atoms with E-state index in [2.05, 4.69) is 83.3 Å². The van der Waals surface area contributed by atoms with Crippen LogP contribution in [0.2, 0.25) is 5.28 Å². The number of anilines is 1. The van der Waals surface area contributed by atoms with Gasteiger partial charge in [-0.25, -0.2) is 4.98 Å². The van der Waals surface area contributed by atoms with Crippen LogP contribution in [0.4, 0.5) is 5.82 Å². The van der Waals surface area contributed by atoms with E-state index < -0.39 is 0 Å². The largest absolute Gasteiger partial charge is 0.351 e. The summed E-state index contributed by atoms with van der Waals surface area (Å²) in [4.78, 5) is 18.4. The van der Waals surface area contributed by atoms with Crippen LogP contribution in [0.1, 0.15) is 21.7 Å². The zero-order valence-corrected chi connectivity index (χ0v) is 20.8. The lowest BCUT2D eigenvalue weighted by Crippen LogP contribution is -2.27. The van der Waals surface area contributed by atoms with Crippen LogP contribution in [0.25, 0.3) is 21.3 Å². The summed E-state index contributed by atoms with van der Waals surface area (Å²) in [7, 11) is 0. The van der Waals surface area contributed by atoms with Gasteiger partial charge in [0, 0.05) is 41.8 Å². The third-order valence-corrected chi connectivity index (χ3v) is 7.07. The summed E-state index contributed by atoms with van der Waals surface area (Å²) in [5.74, 6) is 0.870. The van der Waals surface area contributed by atoms with E-state index in [4.69, 9.17) is 16.6 Å². The fourth-order valence-electron chi connectivity index (χ4n) is 4.22. The first kappa shape index (κ1) is 22.5. The molecule has 0 radical (unpaired) electrons. The van der Waals surface area contributed by atoms with Gasteiger partial charge in [-0.3, -0.25) is 4.98 Å². The molecule has 0 aliphatic rings. The van der Waals surface area contributed by atoms with Gasteiger partial charge in [-0.2, -0.15) is 4.98 Å². The number of hydrogen-bond acceptors (Lipinski definition) is 5. The van der Waals surface area contributed by atoms with Gasteiger partial charge in [0.25, 0.3) is 0 Å². The molecule has 0 spiro atoms. The number of benzene rings is 2. The van der Waals surface area contributed by atoms with Gasteiger partial charge in [-0.1, -0.05) is 66.2 Å². The topological polar surface area (TPSA) is 41.9 Å². The summed E-state index contributed by atoms with van der Waals surface area (Å²) >= 11 is 8.13. The maximum Gasteiger partial charge on any atom is 0.225 e. The van der Waals surface area contributed by atoms with Crippen LogP contribution in [0.5, 0.6) is 0 Å². The van der Waals surface area contributed by atoms with Gasteiger partial charge < -0.3 is 4.90 Å². The second kappa shape index (κ2) is 9.92. The Kier molecular flexibility index (Phi) is 6.57. The molecule has 0 unspecified atom stereocenters. The van der Waals surface area contributed by atoms with Crippen LogP contribution >= 0.6 is 22.9 Å². The average molecular weight is 485 g/mol. The Balaban J connectivity index is 1.64. The first-order chi connectivity index (χ1) is 16.6. The summed E-state index contributed by atoms with van der Waals surface area (Å²) in [5.41, 5.74) is 5.86. The minimum Gasteiger partial charge on any atom is -0.351 e. The summed E-state index contributed by atoms with van der Waals surface area (Å²) in [5, 5.41) is 1.34. The number of aryl methyl sites for hydroxylation is 2. The highest BCUT2D eigenvalue weighted by Crippen LogP contribution is 2.42. The first-order valence-electron chi connectivity index (χ1n) is 11.3. The second-order valence-electron chi connectivity index (χ2n) is 8.37. The molecule has 0 aliphatic carbocycles. The van der Waals surface area contributed by atoms with E-state index in [9.17, 15) is 0 Å². The molecule has 3 aromatic heterocycles. The number of thiophene rings is 1. The highest BCUT2D eigenvalue weighted by Gasteiger charge is 2.22. The molecule has 0 amide bonds. The number of pyridine rings is 1. The Labute approximate surface area is 208 Å². The maximum atomic E-state index is 6.46. The predicted molar refractivity (Wildman–Crippen MR) is 143 cm³/mol. The summed E-state index contributed by atoms with van der Waals surface area (Å²) in [6.07, 6.45) is 2.65. The number of fused-ring (bicyclic) bond motifs is 1. The van der Waals surface area contributed by atoms with Crippen LogP contribution in [0.15, 0.2) is 79.0 Å². The maximum absolute atomic E-state index is 6.46. The van der Waals surface area contributed by atoms with Crippen molar-refractivity contribution in [2.24, 2.45) is 0 Å². The molecule has 0 N–H and O–H groups in total. The lowest BCUT2D eigenvalue weighted by molar-refractivity contribution is 0.761. The predicted octanol–water partition coefficient (Wildman–Crippen LogP) is 7.27. The van der Waals surface area contributed by atoms with Crippen LogP contribution in [0, 0.1) is 13.8 Å². The molecular weight excluding hydrogens is 460 g/mol. The Bertz CT molecular complexity index is 1400. The normalized spacial score (nSPS) is 11.1. The standard InChI is InChI=1S/C28H25ClN4S/c1-19-11-13-22(14-12-19)24-20(2)34-27-25(24)26(31-28(29)32-27)33(18-21-8-4-3-5-9-21)17-15-23-10-6-7-16-30-23/h3-14,16H,15,17-18H2,1-2H3. The number of halogens is 1. The molecule has 6 heteroatoms. The molecular formula is C28H25ClN4S. The van der Waals surface area contributed by atoms with Crippen molar-refractivity contribution in [2.45, 2.75) is 26.8 Å². The van der Waals surface area contributed by atoms with Gasteiger partial charge in [-0.05, 0) is 48.7 Å². The van der Waals surface area contributed by atoms with Gasteiger partial charge >= 0.3 is 0 Å². The van der Waals surface area contributed by atoms with Gasteiger partial charge in [0.15, 0.2) is 0 Å². The van der Waals surface area contributed by atoms with Crippen LogP contribution in [0.3, 0.4) is 0 Å². The molecule has 0 aliphatic heterocycles. The smallest absolute Gasteiger partial charge is 0.225 e. The van der Waals surface area contributed by atoms with Crippen LogP contribution in [-0.2, 0) is 13.0 Å². The van der Waals surface area contributed by atoms with Crippen molar-refractivity contribution in [1.82, 2.24) is 15.0 Å². The molecule has 0 fully saturated rings. The van der Waals surface area contributed by atoms with Crippen molar-refractivity contribution < 1.29 is 0 Å². The number of hydrogen-bond donors (Lipinski definition) is 0. The highest BCUT2D eigenvalue weighted by atomic mass is 35.5. The third-order valence-electron chi connectivity index (χ3n) is 5.90. The molecule has 5 rings (SSSR count). The highest BCUT2D eigenvalue weighted by molar-refractivity contribution is 7.19. The van der Waals surface area contributed by atoms with Gasteiger partial charge in [0.2, 0.25) is 5.28 Å². The van der Waals surface area contributed by atoms with E-state index in [-0.39, 0.29) is 5.28 Å². The number of rotatable bonds is 7. The fraction of sp³-hybridized carbons (Fsp3) is 0.179. The molecule has 3 heterocycles.